The predicted molar refractivity (Wildman–Crippen MR) is 141 cm³/mol. The molecular weight excluding hydrogens is 426 g/mol. The summed E-state index contributed by atoms with van der Waals surface area (Å²) < 4.78 is 2.29. The molecule has 5 aromatic carbocycles. The Bertz CT molecular complexity index is 1780. The highest BCUT2D eigenvalue weighted by atomic mass is 15.0. The van der Waals surface area contributed by atoms with Crippen LogP contribution in [-0.2, 0) is 0 Å². The lowest BCUT2D eigenvalue weighted by molar-refractivity contribution is 1.18. The third kappa shape index (κ3) is 3.27. The van der Waals surface area contributed by atoms with Gasteiger partial charge >= 0.3 is 0 Å². The standard InChI is InChI=1S/C32H19N3/c33-20-24-11-8-12-25(21-34)32(24)23-17-18-28-27-14-5-7-16-30(27)35(31(28)19-23)29-15-6-4-13-26(29)22-9-2-1-3-10-22/h1-19H. The second-order valence-electron chi connectivity index (χ2n) is 8.42. The zero-order valence-corrected chi connectivity index (χ0v) is 18.8. The van der Waals surface area contributed by atoms with Gasteiger partial charge in [0.15, 0.2) is 0 Å². The van der Waals surface area contributed by atoms with E-state index in [-0.39, 0.29) is 0 Å². The van der Waals surface area contributed by atoms with Crippen LogP contribution in [0.4, 0.5) is 0 Å². The second kappa shape index (κ2) is 8.34. The Balaban J connectivity index is 1.72. The van der Waals surface area contributed by atoms with Gasteiger partial charge in [-0.1, -0.05) is 84.9 Å². The first kappa shape index (κ1) is 20.5. The van der Waals surface area contributed by atoms with Crippen LogP contribution < -0.4 is 0 Å². The van der Waals surface area contributed by atoms with Crippen molar-refractivity contribution in [1.82, 2.24) is 4.57 Å². The third-order valence-electron chi connectivity index (χ3n) is 6.50. The minimum Gasteiger partial charge on any atom is -0.309 e. The van der Waals surface area contributed by atoms with Crippen LogP contribution in [0.25, 0.3) is 49.7 Å². The van der Waals surface area contributed by atoms with Gasteiger partial charge in [0.25, 0.3) is 0 Å². The highest BCUT2D eigenvalue weighted by molar-refractivity contribution is 6.10. The fourth-order valence-corrected chi connectivity index (χ4v) is 4.97. The van der Waals surface area contributed by atoms with E-state index in [4.69, 9.17) is 0 Å². The fourth-order valence-electron chi connectivity index (χ4n) is 4.97. The number of para-hydroxylation sites is 2. The number of benzene rings is 5. The fraction of sp³-hybridized carbons (Fsp3) is 0. The Morgan fingerprint density at radius 3 is 1.94 bits per heavy atom. The van der Waals surface area contributed by atoms with Crippen LogP contribution in [0.3, 0.4) is 0 Å². The molecule has 3 nitrogen and oxygen atoms in total. The molecule has 1 heterocycles. The molecular formula is C32H19N3. The van der Waals surface area contributed by atoms with Gasteiger partial charge in [0.1, 0.15) is 0 Å². The molecule has 0 spiro atoms. The van der Waals surface area contributed by atoms with Crippen molar-refractivity contribution in [2.75, 3.05) is 0 Å². The van der Waals surface area contributed by atoms with E-state index < -0.39 is 0 Å². The zero-order chi connectivity index (χ0) is 23.8. The highest BCUT2D eigenvalue weighted by Crippen LogP contribution is 2.38. The maximum absolute atomic E-state index is 9.76. The molecule has 0 atom stereocenters. The van der Waals surface area contributed by atoms with Crippen molar-refractivity contribution in [2.45, 2.75) is 0 Å². The number of hydrogen-bond donors (Lipinski definition) is 0. The maximum Gasteiger partial charge on any atom is 0.0998 e. The first-order valence-corrected chi connectivity index (χ1v) is 11.4. The third-order valence-corrected chi connectivity index (χ3v) is 6.50. The van der Waals surface area contributed by atoms with Gasteiger partial charge in [0, 0.05) is 21.9 Å². The molecule has 0 saturated carbocycles. The molecule has 0 unspecified atom stereocenters. The first-order valence-electron chi connectivity index (χ1n) is 11.4. The molecule has 0 bridgehead atoms. The van der Waals surface area contributed by atoms with Crippen LogP contribution in [0.15, 0.2) is 115 Å². The van der Waals surface area contributed by atoms with E-state index in [2.05, 4.69) is 102 Å². The molecule has 6 aromatic rings. The first-order chi connectivity index (χ1) is 17.3. The summed E-state index contributed by atoms with van der Waals surface area (Å²) in [5.41, 5.74) is 8.02. The quantitative estimate of drug-likeness (QED) is 0.278. The highest BCUT2D eigenvalue weighted by Gasteiger charge is 2.17. The van der Waals surface area contributed by atoms with Crippen LogP contribution in [0, 0.1) is 22.7 Å². The van der Waals surface area contributed by atoms with Crippen molar-refractivity contribution in [3.63, 3.8) is 0 Å². The van der Waals surface area contributed by atoms with Crippen LogP contribution in [0.1, 0.15) is 11.1 Å². The van der Waals surface area contributed by atoms with Gasteiger partial charge in [-0.05, 0) is 41.5 Å². The summed E-state index contributed by atoms with van der Waals surface area (Å²) in [6, 6.07) is 43.2. The average molecular weight is 446 g/mol. The summed E-state index contributed by atoms with van der Waals surface area (Å²) in [5.74, 6) is 0. The number of aromatic nitrogens is 1. The SMILES string of the molecule is N#Cc1cccc(C#N)c1-c1ccc2c3ccccc3n(-c3ccccc3-c3ccccc3)c2c1. The van der Waals surface area contributed by atoms with E-state index in [9.17, 15) is 10.5 Å². The molecule has 0 radical (unpaired) electrons. The molecule has 0 aliphatic rings. The molecule has 0 saturated heterocycles. The van der Waals surface area contributed by atoms with E-state index in [0.29, 0.717) is 16.7 Å². The monoisotopic (exact) mass is 445 g/mol. The lowest BCUT2D eigenvalue weighted by atomic mass is 9.94. The van der Waals surface area contributed by atoms with Gasteiger partial charge in [-0.25, -0.2) is 0 Å². The van der Waals surface area contributed by atoms with Gasteiger partial charge in [-0.3, -0.25) is 0 Å². The molecule has 0 aliphatic heterocycles. The number of nitriles is 2. The van der Waals surface area contributed by atoms with Gasteiger partial charge in [0.05, 0.1) is 40.0 Å². The molecule has 35 heavy (non-hydrogen) atoms. The minimum absolute atomic E-state index is 0.496. The Hall–Kier alpha value is -5.12. The van der Waals surface area contributed by atoms with Crippen molar-refractivity contribution >= 4 is 21.8 Å². The zero-order valence-electron chi connectivity index (χ0n) is 18.8. The van der Waals surface area contributed by atoms with Gasteiger partial charge in [-0.15, -0.1) is 0 Å². The normalized spacial score (nSPS) is 10.8. The Morgan fingerprint density at radius 1 is 0.514 bits per heavy atom. The van der Waals surface area contributed by atoms with Crippen molar-refractivity contribution in [3.05, 3.63) is 126 Å². The molecule has 6 rings (SSSR count). The van der Waals surface area contributed by atoms with Gasteiger partial charge in [-0.2, -0.15) is 10.5 Å². The summed E-state index contributed by atoms with van der Waals surface area (Å²) in [6.45, 7) is 0. The van der Waals surface area contributed by atoms with Crippen LogP contribution >= 0.6 is 0 Å². The minimum atomic E-state index is 0.496. The smallest absolute Gasteiger partial charge is 0.0998 e. The van der Waals surface area contributed by atoms with Crippen LogP contribution in [0.5, 0.6) is 0 Å². The molecule has 0 aliphatic carbocycles. The average Bonchev–Trinajstić information content (AvgIpc) is 3.26. The summed E-state index contributed by atoms with van der Waals surface area (Å²) in [6.07, 6.45) is 0. The summed E-state index contributed by atoms with van der Waals surface area (Å²) in [4.78, 5) is 0. The second-order valence-corrected chi connectivity index (χ2v) is 8.42. The van der Waals surface area contributed by atoms with Gasteiger partial charge in [0.2, 0.25) is 0 Å². The van der Waals surface area contributed by atoms with E-state index in [1.165, 1.54) is 0 Å². The predicted octanol–water partition coefficient (Wildman–Crippen LogP) is 7.86. The molecule has 1 aromatic heterocycles. The lowest BCUT2D eigenvalue weighted by Crippen LogP contribution is -1.97. The molecule has 162 valence electrons. The van der Waals surface area contributed by atoms with Crippen molar-refractivity contribution in [1.29, 1.82) is 10.5 Å². The van der Waals surface area contributed by atoms with Crippen molar-refractivity contribution in [3.8, 4) is 40.1 Å². The van der Waals surface area contributed by atoms with Crippen molar-refractivity contribution in [2.24, 2.45) is 0 Å². The Morgan fingerprint density at radius 2 is 1.17 bits per heavy atom. The van der Waals surface area contributed by atoms with Crippen LogP contribution in [0.2, 0.25) is 0 Å². The lowest BCUT2D eigenvalue weighted by Gasteiger charge is -2.14. The molecule has 0 amide bonds. The summed E-state index contributed by atoms with van der Waals surface area (Å²) in [5, 5.41) is 21.8. The Kier molecular flexibility index (Phi) is 4.88. The number of rotatable bonds is 3. The number of fused-ring (bicyclic) bond motifs is 3. The van der Waals surface area contributed by atoms with Gasteiger partial charge < -0.3 is 4.57 Å². The molecule has 0 N–H and O–H groups in total. The summed E-state index contributed by atoms with van der Waals surface area (Å²) >= 11 is 0. The molecule has 0 fully saturated rings. The summed E-state index contributed by atoms with van der Waals surface area (Å²) in [7, 11) is 0. The Labute approximate surface area is 203 Å². The van der Waals surface area contributed by atoms with E-state index >= 15 is 0 Å². The maximum atomic E-state index is 9.76. The van der Waals surface area contributed by atoms with E-state index in [0.717, 1.165) is 44.2 Å². The number of hydrogen-bond acceptors (Lipinski definition) is 2. The van der Waals surface area contributed by atoms with E-state index in [1.807, 2.05) is 12.1 Å². The largest absolute Gasteiger partial charge is 0.309 e. The van der Waals surface area contributed by atoms with E-state index in [1.54, 1.807) is 18.2 Å². The topological polar surface area (TPSA) is 52.5 Å². The van der Waals surface area contributed by atoms with Crippen molar-refractivity contribution < 1.29 is 0 Å². The van der Waals surface area contributed by atoms with Crippen LogP contribution in [-0.4, -0.2) is 4.57 Å². The molecule has 3 heteroatoms. The number of nitrogens with zero attached hydrogens (tertiary/aromatic N) is 3.